The number of alkyl halides is 3. The Morgan fingerprint density at radius 1 is 1.28 bits per heavy atom. The first-order valence-electron chi connectivity index (χ1n) is 11.9. The van der Waals surface area contributed by atoms with E-state index >= 15 is 0 Å². The van der Waals surface area contributed by atoms with Crippen molar-refractivity contribution < 1.29 is 21.6 Å². The molecule has 0 saturated carbocycles. The van der Waals surface area contributed by atoms with Crippen molar-refractivity contribution in [3.05, 3.63) is 53.1 Å². The topological polar surface area (TPSA) is 129 Å². The van der Waals surface area contributed by atoms with Gasteiger partial charge in [-0.25, -0.2) is 27.7 Å². The molecule has 10 nitrogen and oxygen atoms in total. The van der Waals surface area contributed by atoms with Crippen LogP contribution in [0, 0.1) is 17.2 Å². The van der Waals surface area contributed by atoms with Gasteiger partial charge in [0.05, 0.1) is 29.6 Å². The fourth-order valence-electron chi connectivity index (χ4n) is 4.35. The molecule has 0 radical (unpaired) electrons. The van der Waals surface area contributed by atoms with Crippen LogP contribution in [0.15, 0.2) is 36.9 Å². The number of aromatic nitrogens is 4. The summed E-state index contributed by atoms with van der Waals surface area (Å²) >= 11 is 6.42. The molecule has 3 aromatic rings. The van der Waals surface area contributed by atoms with Gasteiger partial charge in [-0.2, -0.15) is 18.4 Å². The van der Waals surface area contributed by atoms with Crippen molar-refractivity contribution >= 4 is 27.6 Å². The smallest absolute Gasteiger partial charge is 0.351 e. The average Bonchev–Trinajstić information content (AvgIpc) is 3.34. The van der Waals surface area contributed by atoms with E-state index in [0.717, 1.165) is 18.0 Å². The van der Waals surface area contributed by atoms with Gasteiger partial charge in [0.15, 0.2) is 0 Å². The zero-order valence-corrected chi connectivity index (χ0v) is 22.6. The van der Waals surface area contributed by atoms with Crippen molar-refractivity contribution in [3.8, 4) is 23.1 Å². The van der Waals surface area contributed by atoms with Gasteiger partial charge in [0.2, 0.25) is 16.0 Å². The van der Waals surface area contributed by atoms with Crippen LogP contribution >= 0.6 is 11.6 Å². The number of imidazole rings is 1. The number of nitriles is 1. The van der Waals surface area contributed by atoms with Gasteiger partial charge in [-0.1, -0.05) is 24.6 Å². The Morgan fingerprint density at radius 3 is 2.69 bits per heavy atom. The molecule has 2 atom stereocenters. The SMILES string of the molecule is C[C@@H]1CN(S(C)(=O)=O)CC[C@@H]1Nc1ncc(C(F)(F)F)c(-c2cn(-c3ccc(CNCC#N)cc3Cl)cn2)n1. The van der Waals surface area contributed by atoms with Gasteiger partial charge in [0.1, 0.15) is 23.3 Å². The summed E-state index contributed by atoms with van der Waals surface area (Å²) in [5.74, 6) is -0.133. The lowest BCUT2D eigenvalue weighted by Crippen LogP contribution is -2.47. The molecule has 1 aliphatic rings. The van der Waals surface area contributed by atoms with Crippen molar-refractivity contribution in [2.45, 2.75) is 32.1 Å². The lowest BCUT2D eigenvalue weighted by molar-refractivity contribution is -0.137. The summed E-state index contributed by atoms with van der Waals surface area (Å²) in [6.45, 7) is 3.03. The fourth-order valence-corrected chi connectivity index (χ4v) is 5.60. The van der Waals surface area contributed by atoms with E-state index in [0.29, 0.717) is 23.7 Å². The van der Waals surface area contributed by atoms with Crippen LogP contribution in [0.2, 0.25) is 5.02 Å². The molecule has 1 aliphatic heterocycles. The van der Waals surface area contributed by atoms with Gasteiger partial charge in [-0.3, -0.25) is 0 Å². The molecule has 39 heavy (non-hydrogen) atoms. The standard InChI is InChI=1S/C24H26ClF3N8O2S/c1-15-12-36(39(2,37)38)8-5-19(15)33-23-31-11-17(24(26,27)28)22(34-23)20-13-35(14-32-20)21-4-3-16(9-18(21)25)10-30-7-6-29/h3-4,9,11,13-15,19,30H,5,7-8,10,12H2,1-2H3,(H,31,33,34)/t15-,19+/m1/s1. The molecule has 1 saturated heterocycles. The number of nitrogens with one attached hydrogen (secondary N) is 2. The molecule has 2 aromatic heterocycles. The van der Waals surface area contributed by atoms with E-state index in [2.05, 4.69) is 25.6 Å². The lowest BCUT2D eigenvalue weighted by atomic mass is 9.95. The maximum atomic E-state index is 13.9. The van der Waals surface area contributed by atoms with Crippen LogP contribution in [0.3, 0.4) is 0 Å². The van der Waals surface area contributed by atoms with Gasteiger partial charge < -0.3 is 15.2 Å². The number of hydrogen-bond donors (Lipinski definition) is 2. The molecular formula is C24H26ClF3N8O2S. The first-order chi connectivity index (χ1) is 18.4. The van der Waals surface area contributed by atoms with E-state index in [1.165, 1.54) is 21.4 Å². The van der Waals surface area contributed by atoms with E-state index in [4.69, 9.17) is 16.9 Å². The van der Waals surface area contributed by atoms with Crippen LogP contribution in [0.4, 0.5) is 19.1 Å². The first kappa shape index (κ1) is 28.8. The van der Waals surface area contributed by atoms with Crippen molar-refractivity contribution in [1.82, 2.24) is 29.1 Å². The van der Waals surface area contributed by atoms with Crippen LogP contribution < -0.4 is 10.6 Å². The maximum absolute atomic E-state index is 13.9. The Labute approximate surface area is 228 Å². The fraction of sp³-hybridized carbons (Fsp3) is 0.417. The van der Waals surface area contributed by atoms with Crippen molar-refractivity contribution in [2.24, 2.45) is 5.92 Å². The molecular weight excluding hydrogens is 557 g/mol. The Balaban J connectivity index is 1.60. The molecule has 0 amide bonds. The summed E-state index contributed by atoms with van der Waals surface area (Å²) in [5.41, 5.74) is -0.117. The van der Waals surface area contributed by atoms with Crippen LogP contribution in [0.25, 0.3) is 17.1 Å². The highest BCUT2D eigenvalue weighted by atomic mass is 35.5. The first-order valence-corrected chi connectivity index (χ1v) is 14.2. The third kappa shape index (κ3) is 6.85. The van der Waals surface area contributed by atoms with E-state index < -0.39 is 27.5 Å². The zero-order valence-electron chi connectivity index (χ0n) is 21.1. The largest absolute Gasteiger partial charge is 0.420 e. The summed E-state index contributed by atoms with van der Waals surface area (Å²) in [6, 6.07) is 6.95. The molecule has 2 N–H and O–H groups in total. The summed E-state index contributed by atoms with van der Waals surface area (Å²) in [4.78, 5) is 12.2. The number of hydrogen-bond acceptors (Lipinski definition) is 8. The minimum absolute atomic E-state index is 0.00976. The van der Waals surface area contributed by atoms with Crippen molar-refractivity contribution in [3.63, 3.8) is 0 Å². The number of sulfonamides is 1. The van der Waals surface area contributed by atoms with Crippen LogP contribution in [0.5, 0.6) is 0 Å². The van der Waals surface area contributed by atoms with Gasteiger partial charge in [0, 0.05) is 38.1 Å². The second kappa shape index (κ2) is 11.5. The molecule has 15 heteroatoms. The summed E-state index contributed by atoms with van der Waals surface area (Å²) in [5, 5.41) is 15.0. The summed E-state index contributed by atoms with van der Waals surface area (Å²) in [7, 11) is -3.34. The molecule has 3 heterocycles. The minimum Gasteiger partial charge on any atom is -0.351 e. The zero-order chi connectivity index (χ0) is 28.4. The molecule has 0 unspecified atom stereocenters. The Bertz CT molecular complexity index is 1490. The second-order valence-electron chi connectivity index (χ2n) is 9.31. The third-order valence-corrected chi connectivity index (χ3v) is 7.97. The quantitative estimate of drug-likeness (QED) is 0.304. The molecule has 1 fully saturated rings. The van der Waals surface area contributed by atoms with Gasteiger partial charge in [-0.15, -0.1) is 0 Å². The van der Waals surface area contributed by atoms with E-state index in [9.17, 15) is 21.6 Å². The summed E-state index contributed by atoms with van der Waals surface area (Å²) < 4.78 is 68.2. The number of benzene rings is 1. The predicted octanol–water partition coefficient (Wildman–Crippen LogP) is 3.70. The number of halogens is 4. The highest BCUT2D eigenvalue weighted by Gasteiger charge is 2.37. The number of anilines is 1. The molecule has 208 valence electrons. The Kier molecular flexibility index (Phi) is 8.45. The van der Waals surface area contributed by atoms with Crippen LogP contribution in [0.1, 0.15) is 24.5 Å². The molecule has 0 aliphatic carbocycles. The lowest BCUT2D eigenvalue weighted by Gasteiger charge is -2.35. The van der Waals surface area contributed by atoms with Gasteiger partial charge >= 0.3 is 6.18 Å². The predicted molar refractivity (Wildman–Crippen MR) is 140 cm³/mol. The van der Waals surface area contributed by atoms with E-state index in [-0.39, 0.29) is 43.2 Å². The van der Waals surface area contributed by atoms with E-state index in [1.807, 2.05) is 13.0 Å². The van der Waals surface area contributed by atoms with Crippen LogP contribution in [-0.2, 0) is 22.7 Å². The second-order valence-corrected chi connectivity index (χ2v) is 11.7. The highest BCUT2D eigenvalue weighted by molar-refractivity contribution is 7.88. The van der Waals surface area contributed by atoms with Gasteiger partial charge in [-0.05, 0) is 30.0 Å². The summed E-state index contributed by atoms with van der Waals surface area (Å²) in [6.07, 6.45) is 0.347. The molecule has 0 spiro atoms. The maximum Gasteiger partial charge on any atom is 0.420 e. The third-order valence-electron chi connectivity index (χ3n) is 6.39. The molecule has 4 rings (SSSR count). The number of rotatable bonds is 8. The normalized spacial score (nSPS) is 18.6. The number of nitrogens with zero attached hydrogens (tertiary/aromatic N) is 6. The minimum atomic E-state index is -4.72. The van der Waals surface area contributed by atoms with Crippen molar-refractivity contribution in [2.75, 3.05) is 31.2 Å². The van der Waals surface area contributed by atoms with Gasteiger partial charge in [0.25, 0.3) is 0 Å². The van der Waals surface area contributed by atoms with Crippen LogP contribution in [-0.4, -0.2) is 64.2 Å². The highest BCUT2D eigenvalue weighted by Crippen LogP contribution is 2.36. The van der Waals surface area contributed by atoms with E-state index in [1.54, 1.807) is 18.2 Å². The average molecular weight is 583 g/mol. The van der Waals surface area contributed by atoms with Crippen molar-refractivity contribution in [1.29, 1.82) is 5.26 Å². The Morgan fingerprint density at radius 2 is 2.05 bits per heavy atom. The molecule has 1 aromatic carbocycles. The number of piperidine rings is 1. The Hall–Kier alpha value is -3.25. The molecule has 0 bridgehead atoms. The monoisotopic (exact) mass is 582 g/mol.